The molecule has 1 aromatic carbocycles. The lowest BCUT2D eigenvalue weighted by Crippen LogP contribution is -2.47. The van der Waals surface area contributed by atoms with E-state index in [1.807, 2.05) is 0 Å². The van der Waals surface area contributed by atoms with Gasteiger partial charge in [-0.15, -0.1) is 0 Å². The van der Waals surface area contributed by atoms with E-state index in [0.717, 1.165) is 13.0 Å². The molecule has 1 fully saturated rings. The average molecular weight is 325 g/mol. The van der Waals surface area contributed by atoms with Crippen molar-refractivity contribution < 1.29 is 9.53 Å². The van der Waals surface area contributed by atoms with Crippen molar-refractivity contribution in [2.75, 3.05) is 26.2 Å². The van der Waals surface area contributed by atoms with Gasteiger partial charge in [0.15, 0.2) is 5.60 Å². The highest BCUT2D eigenvalue weighted by Gasteiger charge is 2.29. The number of hydrogen-bond acceptors (Lipinski definition) is 3. The molecule has 4 nitrogen and oxygen atoms in total. The number of hydrogen-bond donors (Lipinski definition) is 1. The molecule has 1 aromatic rings. The van der Waals surface area contributed by atoms with Crippen LogP contribution in [-0.2, 0) is 4.79 Å². The first-order valence-corrected chi connectivity index (χ1v) is 8.30. The Kier molecular flexibility index (Phi) is 6.09. The molecule has 0 aliphatic carbocycles. The van der Waals surface area contributed by atoms with Gasteiger partial charge in [0.1, 0.15) is 5.75 Å². The molecule has 22 heavy (non-hydrogen) atoms. The highest BCUT2D eigenvalue weighted by atomic mass is 35.5. The van der Waals surface area contributed by atoms with E-state index < -0.39 is 5.60 Å². The van der Waals surface area contributed by atoms with E-state index in [1.165, 1.54) is 25.9 Å². The summed E-state index contributed by atoms with van der Waals surface area (Å²) in [7, 11) is 0. The molecule has 1 N–H and O–H groups in total. The van der Waals surface area contributed by atoms with Gasteiger partial charge < -0.3 is 15.0 Å². The van der Waals surface area contributed by atoms with Gasteiger partial charge in [-0.05, 0) is 77.0 Å². The molecular formula is C17H25ClN2O2. The minimum atomic E-state index is -0.901. The molecule has 0 aromatic heterocycles. The van der Waals surface area contributed by atoms with Crippen LogP contribution in [0.15, 0.2) is 24.3 Å². The Labute approximate surface area is 137 Å². The molecule has 0 saturated carbocycles. The predicted octanol–water partition coefficient (Wildman–Crippen LogP) is 3.10. The fourth-order valence-electron chi connectivity index (χ4n) is 2.57. The molecule has 1 amide bonds. The van der Waals surface area contributed by atoms with Crippen LogP contribution in [0.5, 0.6) is 5.75 Å². The summed E-state index contributed by atoms with van der Waals surface area (Å²) >= 11 is 5.84. The van der Waals surface area contributed by atoms with Gasteiger partial charge >= 0.3 is 0 Å². The predicted molar refractivity (Wildman–Crippen MR) is 89.5 cm³/mol. The number of carbonyl (C=O) groups excluding carboxylic acids is 1. The van der Waals surface area contributed by atoms with Gasteiger partial charge in [-0.1, -0.05) is 11.6 Å². The van der Waals surface area contributed by atoms with E-state index in [1.54, 1.807) is 38.1 Å². The lowest BCUT2D eigenvalue weighted by atomic mass is 10.1. The summed E-state index contributed by atoms with van der Waals surface area (Å²) in [5, 5.41) is 3.61. The van der Waals surface area contributed by atoms with E-state index in [2.05, 4.69) is 10.2 Å². The minimum absolute atomic E-state index is 0.0936. The highest BCUT2D eigenvalue weighted by molar-refractivity contribution is 6.30. The fraction of sp³-hybridized carbons (Fsp3) is 0.588. The topological polar surface area (TPSA) is 41.6 Å². The van der Waals surface area contributed by atoms with E-state index >= 15 is 0 Å². The summed E-state index contributed by atoms with van der Waals surface area (Å²) in [4.78, 5) is 14.7. The molecule has 0 unspecified atom stereocenters. The number of amides is 1. The third-order valence-electron chi connectivity index (χ3n) is 3.87. The number of benzene rings is 1. The van der Waals surface area contributed by atoms with E-state index in [-0.39, 0.29) is 5.91 Å². The number of nitrogens with one attached hydrogen (secondary N) is 1. The number of likely N-dealkylation sites (tertiary alicyclic amines) is 1. The second-order valence-electron chi connectivity index (χ2n) is 6.22. The number of ether oxygens (including phenoxy) is 1. The summed E-state index contributed by atoms with van der Waals surface area (Å²) in [6.45, 7) is 7.68. The molecule has 0 bridgehead atoms. The molecule has 5 heteroatoms. The van der Waals surface area contributed by atoms with E-state index in [4.69, 9.17) is 16.3 Å². The Balaban J connectivity index is 1.73. The smallest absolute Gasteiger partial charge is 0.263 e. The van der Waals surface area contributed by atoms with Crippen LogP contribution in [0, 0.1) is 0 Å². The number of nitrogens with zero attached hydrogens (tertiary/aromatic N) is 1. The SMILES string of the molecule is CC(C)(Oc1ccc(Cl)cc1)C(=O)NCCCN1CCCC1. The number of rotatable bonds is 7. The third-order valence-corrected chi connectivity index (χ3v) is 4.12. The summed E-state index contributed by atoms with van der Waals surface area (Å²) in [5.41, 5.74) is -0.901. The Hall–Kier alpha value is -1.26. The molecule has 1 aliphatic heterocycles. The Morgan fingerprint density at radius 2 is 1.91 bits per heavy atom. The first-order chi connectivity index (χ1) is 10.5. The van der Waals surface area contributed by atoms with Crippen LogP contribution in [0.1, 0.15) is 33.1 Å². The number of carbonyl (C=O) groups is 1. The second-order valence-corrected chi connectivity index (χ2v) is 6.66. The minimum Gasteiger partial charge on any atom is -0.478 e. The van der Waals surface area contributed by atoms with Crippen molar-refractivity contribution in [2.45, 2.75) is 38.7 Å². The summed E-state index contributed by atoms with van der Waals surface area (Å²) in [6, 6.07) is 7.04. The fourth-order valence-corrected chi connectivity index (χ4v) is 2.69. The molecule has 2 rings (SSSR count). The maximum absolute atomic E-state index is 12.3. The van der Waals surface area contributed by atoms with Gasteiger partial charge in [-0.3, -0.25) is 4.79 Å². The van der Waals surface area contributed by atoms with Crippen LogP contribution in [0.3, 0.4) is 0 Å². The third kappa shape index (κ3) is 5.18. The van der Waals surface area contributed by atoms with Gasteiger partial charge in [0.25, 0.3) is 5.91 Å². The zero-order chi connectivity index (χ0) is 16.0. The maximum atomic E-state index is 12.3. The van der Waals surface area contributed by atoms with Crippen molar-refractivity contribution >= 4 is 17.5 Å². The summed E-state index contributed by atoms with van der Waals surface area (Å²) in [6.07, 6.45) is 3.57. The van der Waals surface area contributed by atoms with Crippen molar-refractivity contribution in [1.29, 1.82) is 0 Å². The summed E-state index contributed by atoms with van der Waals surface area (Å²) < 4.78 is 5.77. The first-order valence-electron chi connectivity index (χ1n) is 7.92. The van der Waals surface area contributed by atoms with Crippen LogP contribution in [0.2, 0.25) is 5.02 Å². The lowest BCUT2D eigenvalue weighted by Gasteiger charge is -2.25. The van der Waals surface area contributed by atoms with Gasteiger partial charge in [-0.25, -0.2) is 0 Å². The quantitative estimate of drug-likeness (QED) is 0.784. The molecule has 0 radical (unpaired) electrons. The summed E-state index contributed by atoms with van der Waals surface area (Å²) in [5.74, 6) is 0.547. The normalized spacial score (nSPS) is 15.8. The Morgan fingerprint density at radius 1 is 1.27 bits per heavy atom. The van der Waals surface area contributed by atoms with Crippen LogP contribution >= 0.6 is 11.6 Å². The average Bonchev–Trinajstić information content (AvgIpc) is 2.99. The molecule has 122 valence electrons. The van der Waals surface area contributed by atoms with Crippen molar-refractivity contribution in [1.82, 2.24) is 10.2 Å². The zero-order valence-corrected chi connectivity index (χ0v) is 14.2. The van der Waals surface area contributed by atoms with Crippen molar-refractivity contribution in [3.8, 4) is 5.75 Å². The molecular weight excluding hydrogens is 300 g/mol. The van der Waals surface area contributed by atoms with Crippen molar-refractivity contribution in [2.24, 2.45) is 0 Å². The maximum Gasteiger partial charge on any atom is 0.263 e. The van der Waals surface area contributed by atoms with Gasteiger partial charge in [-0.2, -0.15) is 0 Å². The molecule has 1 heterocycles. The van der Waals surface area contributed by atoms with Crippen LogP contribution in [0.25, 0.3) is 0 Å². The highest BCUT2D eigenvalue weighted by Crippen LogP contribution is 2.21. The van der Waals surface area contributed by atoms with Gasteiger partial charge in [0, 0.05) is 11.6 Å². The monoisotopic (exact) mass is 324 g/mol. The van der Waals surface area contributed by atoms with Crippen LogP contribution in [-0.4, -0.2) is 42.6 Å². The van der Waals surface area contributed by atoms with Crippen molar-refractivity contribution in [3.05, 3.63) is 29.3 Å². The van der Waals surface area contributed by atoms with Crippen LogP contribution < -0.4 is 10.1 Å². The van der Waals surface area contributed by atoms with Crippen molar-refractivity contribution in [3.63, 3.8) is 0 Å². The standard InChI is InChI=1S/C17H25ClN2O2/c1-17(2,22-15-8-6-14(18)7-9-15)16(21)19-10-5-13-20-11-3-4-12-20/h6-9H,3-5,10-13H2,1-2H3,(H,19,21). The number of halogens is 1. The second kappa shape index (κ2) is 7.84. The largest absolute Gasteiger partial charge is 0.478 e. The van der Waals surface area contributed by atoms with Gasteiger partial charge in [0.05, 0.1) is 0 Å². The van der Waals surface area contributed by atoms with E-state index in [0.29, 0.717) is 17.3 Å². The van der Waals surface area contributed by atoms with Gasteiger partial charge in [0.2, 0.25) is 0 Å². The molecule has 0 atom stereocenters. The lowest BCUT2D eigenvalue weighted by molar-refractivity contribution is -0.134. The van der Waals surface area contributed by atoms with E-state index in [9.17, 15) is 4.79 Å². The first kappa shape index (κ1) is 17.1. The molecule has 0 spiro atoms. The molecule has 1 saturated heterocycles. The Bertz CT molecular complexity index is 482. The van der Waals surface area contributed by atoms with Crippen LogP contribution in [0.4, 0.5) is 0 Å². The molecule has 1 aliphatic rings. The Morgan fingerprint density at radius 3 is 2.55 bits per heavy atom. The zero-order valence-electron chi connectivity index (χ0n) is 13.4.